The minimum absolute atomic E-state index is 0.0412. The number of methoxy groups -OCH3 is 1. The number of fused-ring (bicyclic) bond motifs is 1. The summed E-state index contributed by atoms with van der Waals surface area (Å²) >= 11 is 6.31. The molecule has 0 aliphatic carbocycles. The van der Waals surface area contributed by atoms with E-state index in [4.69, 9.17) is 21.1 Å². The monoisotopic (exact) mass is 382 g/mol. The summed E-state index contributed by atoms with van der Waals surface area (Å²) in [6, 6.07) is 1.27. The molecular formula is C19H23ClO6. The molecule has 0 spiro atoms. The third-order valence-corrected chi connectivity index (χ3v) is 4.48. The normalized spacial score (nSPS) is 27.0. The van der Waals surface area contributed by atoms with Crippen LogP contribution in [0.3, 0.4) is 0 Å². The standard InChI is InChI=1S/C19H23ClO6/c1-11-6-5-9-14(22)13(21)8-4-3-7-12-17(19(24)26-11)15(23)10-16(25-2)18(12)20/h3,5,7,9-11,13-14,21-23H,4,6,8H2,1-2H3/b7-3+,9-5-/t11-,13?,14?/m0/s1. The quantitative estimate of drug-likeness (QED) is 0.510. The van der Waals surface area contributed by atoms with Gasteiger partial charge in [-0.1, -0.05) is 35.9 Å². The lowest BCUT2D eigenvalue weighted by atomic mass is 10.0. The van der Waals surface area contributed by atoms with Crippen molar-refractivity contribution in [2.75, 3.05) is 7.11 Å². The number of carbonyl (C=O) groups excluding carboxylic acids is 1. The van der Waals surface area contributed by atoms with Crippen molar-refractivity contribution in [2.45, 2.75) is 44.5 Å². The molecule has 0 fully saturated rings. The minimum atomic E-state index is -0.991. The van der Waals surface area contributed by atoms with E-state index in [-0.39, 0.29) is 27.6 Å². The van der Waals surface area contributed by atoms with Crippen LogP contribution in [0.2, 0.25) is 5.02 Å². The van der Waals surface area contributed by atoms with Gasteiger partial charge in [-0.15, -0.1) is 0 Å². The Morgan fingerprint density at radius 1 is 1.31 bits per heavy atom. The summed E-state index contributed by atoms with van der Waals surface area (Å²) in [5.41, 5.74) is 0.240. The number of hydrogen-bond donors (Lipinski definition) is 3. The number of aliphatic hydroxyl groups excluding tert-OH is 2. The predicted molar refractivity (Wildman–Crippen MR) is 98.6 cm³/mol. The van der Waals surface area contributed by atoms with Crippen molar-refractivity contribution in [2.24, 2.45) is 0 Å². The second-order valence-electron chi connectivity index (χ2n) is 6.12. The largest absolute Gasteiger partial charge is 0.507 e. The van der Waals surface area contributed by atoms with E-state index in [9.17, 15) is 20.1 Å². The molecule has 1 aliphatic heterocycles. The van der Waals surface area contributed by atoms with E-state index in [1.54, 1.807) is 25.2 Å². The first-order chi connectivity index (χ1) is 12.3. The van der Waals surface area contributed by atoms with Gasteiger partial charge in [0.25, 0.3) is 0 Å². The molecule has 1 aromatic rings. The summed E-state index contributed by atoms with van der Waals surface area (Å²) in [5.74, 6) is -0.764. The van der Waals surface area contributed by atoms with E-state index in [0.717, 1.165) is 0 Å². The summed E-state index contributed by atoms with van der Waals surface area (Å²) in [4.78, 5) is 12.5. The summed E-state index contributed by atoms with van der Waals surface area (Å²) < 4.78 is 10.5. The number of aromatic hydroxyl groups is 1. The molecule has 6 nitrogen and oxygen atoms in total. The van der Waals surface area contributed by atoms with Crippen LogP contribution in [0.25, 0.3) is 6.08 Å². The van der Waals surface area contributed by atoms with E-state index < -0.39 is 24.3 Å². The number of ether oxygens (including phenoxy) is 2. The fourth-order valence-corrected chi connectivity index (χ4v) is 2.92. The molecule has 0 aromatic heterocycles. The Morgan fingerprint density at radius 3 is 2.73 bits per heavy atom. The first-order valence-electron chi connectivity index (χ1n) is 8.35. The lowest BCUT2D eigenvalue weighted by molar-refractivity contribution is 0.0337. The van der Waals surface area contributed by atoms with Crippen molar-refractivity contribution < 1.29 is 29.6 Å². The maximum Gasteiger partial charge on any atom is 0.342 e. The number of rotatable bonds is 1. The van der Waals surface area contributed by atoms with E-state index in [0.29, 0.717) is 19.3 Å². The molecular weight excluding hydrogens is 360 g/mol. The summed E-state index contributed by atoms with van der Waals surface area (Å²) in [6.45, 7) is 1.69. The van der Waals surface area contributed by atoms with Crippen LogP contribution in [-0.2, 0) is 4.74 Å². The first-order valence-corrected chi connectivity index (χ1v) is 8.72. The van der Waals surface area contributed by atoms with Crippen LogP contribution < -0.4 is 4.74 Å². The Labute approximate surface area is 157 Å². The third kappa shape index (κ3) is 4.78. The van der Waals surface area contributed by atoms with E-state index in [2.05, 4.69) is 0 Å². The zero-order valence-electron chi connectivity index (χ0n) is 14.7. The molecule has 26 heavy (non-hydrogen) atoms. The van der Waals surface area contributed by atoms with Gasteiger partial charge >= 0.3 is 5.97 Å². The average Bonchev–Trinajstić information content (AvgIpc) is 2.59. The number of halogens is 1. The van der Waals surface area contributed by atoms with Gasteiger partial charge in [-0.3, -0.25) is 0 Å². The van der Waals surface area contributed by atoms with Gasteiger partial charge in [0.05, 0.1) is 24.3 Å². The number of cyclic esters (lactones) is 1. The zero-order chi connectivity index (χ0) is 19.3. The molecule has 142 valence electrons. The number of hydrogen-bond acceptors (Lipinski definition) is 6. The maximum atomic E-state index is 12.5. The molecule has 3 atom stereocenters. The summed E-state index contributed by atoms with van der Waals surface area (Å²) in [5, 5.41) is 30.3. The van der Waals surface area contributed by atoms with Gasteiger partial charge in [-0.05, 0) is 19.8 Å². The highest BCUT2D eigenvalue weighted by Crippen LogP contribution is 2.38. The third-order valence-electron chi connectivity index (χ3n) is 4.09. The van der Waals surface area contributed by atoms with E-state index in [1.807, 2.05) is 0 Å². The van der Waals surface area contributed by atoms with Crippen molar-refractivity contribution in [3.8, 4) is 11.5 Å². The molecule has 2 rings (SSSR count). The van der Waals surface area contributed by atoms with Gasteiger partial charge in [0.1, 0.15) is 23.2 Å². The molecule has 0 saturated heterocycles. The molecule has 0 bridgehead atoms. The molecule has 1 aliphatic rings. The van der Waals surface area contributed by atoms with Crippen LogP contribution in [0, 0.1) is 0 Å². The Balaban J connectivity index is 2.47. The number of aliphatic hydroxyl groups is 2. The second kappa shape index (κ2) is 9.07. The topological polar surface area (TPSA) is 96.2 Å². The highest BCUT2D eigenvalue weighted by molar-refractivity contribution is 6.34. The number of esters is 1. The molecule has 2 unspecified atom stereocenters. The SMILES string of the molecule is COc1cc(O)c2c(c1Cl)/C=C/CCC(O)C(O)/C=C\C[C@H](C)OC2=O. The average molecular weight is 383 g/mol. The molecule has 0 radical (unpaired) electrons. The zero-order valence-corrected chi connectivity index (χ0v) is 15.4. The highest BCUT2D eigenvalue weighted by Gasteiger charge is 2.24. The molecule has 7 heteroatoms. The molecule has 1 aromatic carbocycles. The number of carbonyl (C=O) groups is 1. The molecule has 0 amide bonds. The predicted octanol–water partition coefficient (Wildman–Crippen LogP) is 3.07. The summed E-state index contributed by atoms with van der Waals surface area (Å²) in [7, 11) is 1.41. The number of phenolic OH excluding ortho intramolecular Hbond substituents is 1. The van der Waals surface area contributed by atoms with Gasteiger partial charge in [0.2, 0.25) is 0 Å². The van der Waals surface area contributed by atoms with Crippen LogP contribution >= 0.6 is 11.6 Å². The van der Waals surface area contributed by atoms with Gasteiger partial charge in [-0.25, -0.2) is 4.79 Å². The Morgan fingerprint density at radius 2 is 2.04 bits per heavy atom. The van der Waals surface area contributed by atoms with Gasteiger partial charge < -0.3 is 24.8 Å². The fraction of sp³-hybridized carbons (Fsp3) is 0.421. The van der Waals surface area contributed by atoms with Crippen LogP contribution in [0.1, 0.15) is 42.1 Å². The Hall–Kier alpha value is -2.02. The molecule has 3 N–H and O–H groups in total. The molecule has 1 heterocycles. The second-order valence-corrected chi connectivity index (χ2v) is 6.50. The van der Waals surface area contributed by atoms with Crippen molar-refractivity contribution in [3.05, 3.63) is 40.4 Å². The van der Waals surface area contributed by atoms with Gasteiger partial charge in [0.15, 0.2) is 0 Å². The van der Waals surface area contributed by atoms with Crippen molar-refractivity contribution in [1.29, 1.82) is 0 Å². The highest BCUT2D eigenvalue weighted by atomic mass is 35.5. The van der Waals surface area contributed by atoms with Crippen LogP contribution in [0.5, 0.6) is 11.5 Å². The lowest BCUT2D eigenvalue weighted by Gasteiger charge is -2.17. The van der Waals surface area contributed by atoms with Crippen molar-refractivity contribution >= 4 is 23.6 Å². The van der Waals surface area contributed by atoms with E-state index >= 15 is 0 Å². The molecule has 0 saturated carbocycles. The van der Waals surface area contributed by atoms with E-state index in [1.165, 1.54) is 19.3 Å². The van der Waals surface area contributed by atoms with Crippen LogP contribution in [0.15, 0.2) is 24.3 Å². The maximum absolute atomic E-state index is 12.5. The van der Waals surface area contributed by atoms with Crippen LogP contribution in [0.4, 0.5) is 0 Å². The van der Waals surface area contributed by atoms with Crippen molar-refractivity contribution in [3.63, 3.8) is 0 Å². The smallest absolute Gasteiger partial charge is 0.342 e. The number of benzene rings is 1. The first kappa shape index (κ1) is 20.3. The Bertz CT molecular complexity index is 712. The van der Waals surface area contributed by atoms with Crippen molar-refractivity contribution in [1.82, 2.24) is 0 Å². The fourth-order valence-electron chi connectivity index (χ4n) is 2.63. The van der Waals surface area contributed by atoms with Crippen LogP contribution in [-0.4, -0.2) is 46.7 Å². The number of allylic oxidation sites excluding steroid dienone is 1. The van der Waals surface area contributed by atoms with Gasteiger partial charge in [-0.2, -0.15) is 0 Å². The lowest BCUT2D eigenvalue weighted by Crippen LogP contribution is -2.23. The summed E-state index contributed by atoms with van der Waals surface area (Å²) in [6.07, 6.45) is 5.12. The Kier molecular flexibility index (Phi) is 7.08. The number of phenols is 1. The minimum Gasteiger partial charge on any atom is -0.507 e. The van der Waals surface area contributed by atoms with Gasteiger partial charge in [0, 0.05) is 18.1 Å².